The molecule has 20 aromatic rings. The molecule has 10 heterocycles. The Balaban J connectivity index is 0.000000142. The highest BCUT2D eigenvalue weighted by atomic mass is 16.4. The van der Waals surface area contributed by atoms with Crippen LogP contribution in [0.4, 0.5) is 0 Å². The number of H-pyrrole nitrogens is 11. The molecule has 133 heavy (non-hydrogen) atoms. The molecule has 10 aromatic heterocycles. The van der Waals surface area contributed by atoms with Crippen LogP contribution in [0.2, 0.25) is 0 Å². The SMILES string of the molecule is CC(C)(C)c1ccc2[nH]c(=O)[nH]c2c1.CC(C)(C)c1ccc2[nH]c(=O)oc2c1.CC(C)(C)c1ccc2[nH]ccc2c1.CC(C)(C)c1ccc2cc[nH]c2c1.CC(C)(C)c1ccc2cc[nH]c2c1.CC(C)(C)c1ccc2cn[nH]c2c1.CC(C)(C)c1cccc2[nH]ccc12.CC(C)(C)c1cccc2cc[nH]c12.CC(C)(C)c1cccc2cc[nH]c12.Cc1cc2cc(C(C)(C)C)ccc2[nH]1. The lowest BCUT2D eigenvalue weighted by atomic mass is 9.85. The van der Waals surface area contributed by atoms with Crippen molar-refractivity contribution in [3.8, 4) is 0 Å². The Morgan fingerprint density at radius 1 is 0.241 bits per heavy atom. The summed E-state index contributed by atoms with van der Waals surface area (Å²) in [5.41, 5.74) is 29.4. The van der Waals surface area contributed by atoms with Crippen LogP contribution in [-0.4, -0.2) is 60.0 Å². The predicted molar refractivity (Wildman–Crippen MR) is 572 cm³/mol. The third-order valence-electron chi connectivity index (χ3n) is 24.1. The zero-order valence-corrected chi connectivity index (χ0v) is 85.1. The first-order valence-electron chi connectivity index (χ1n) is 46.8. The van der Waals surface area contributed by atoms with Crippen molar-refractivity contribution in [1.29, 1.82) is 0 Å². The molecule has 0 unspecified atom stereocenters. The molecule has 0 atom stereocenters. The maximum absolute atomic E-state index is 11.0. The minimum absolute atomic E-state index is 0.0734. The van der Waals surface area contributed by atoms with Crippen LogP contribution in [0.5, 0.6) is 0 Å². The molecular weight excluding hydrogens is 1630 g/mol. The molecular formula is C118H148N12O3. The highest BCUT2D eigenvalue weighted by Gasteiger charge is 2.24. The summed E-state index contributed by atoms with van der Waals surface area (Å²) in [6.07, 6.45) is 13.8. The van der Waals surface area contributed by atoms with Crippen molar-refractivity contribution in [1.82, 2.24) is 60.0 Å². The third-order valence-corrected chi connectivity index (χ3v) is 24.1. The molecule has 0 aliphatic rings. The van der Waals surface area contributed by atoms with E-state index in [0.717, 1.165) is 27.6 Å². The maximum atomic E-state index is 11.0. The van der Waals surface area contributed by atoms with Gasteiger partial charge in [-0.3, -0.25) is 10.1 Å². The number of imidazole rings is 1. The topological polar surface area (TPSA) is 234 Å². The number of hydrogen-bond donors (Lipinski definition) is 11. The molecule has 15 nitrogen and oxygen atoms in total. The number of hydrogen-bond acceptors (Lipinski definition) is 4. The number of nitrogens with one attached hydrogen (secondary N) is 11. The van der Waals surface area contributed by atoms with Crippen molar-refractivity contribution in [2.75, 3.05) is 0 Å². The van der Waals surface area contributed by atoms with Crippen LogP contribution in [-0.2, 0) is 54.1 Å². The summed E-state index contributed by atoms with van der Waals surface area (Å²) in [6, 6.07) is 78.9. The summed E-state index contributed by atoms with van der Waals surface area (Å²) in [7, 11) is 0. The van der Waals surface area contributed by atoms with Gasteiger partial charge in [0.15, 0.2) is 5.58 Å². The van der Waals surface area contributed by atoms with Gasteiger partial charge in [0.25, 0.3) is 0 Å². The van der Waals surface area contributed by atoms with E-state index in [0.29, 0.717) is 5.58 Å². The van der Waals surface area contributed by atoms with Gasteiger partial charge in [-0.05, 0) is 264 Å². The molecule has 0 aliphatic heterocycles. The molecule has 0 spiro atoms. The van der Waals surface area contributed by atoms with Crippen LogP contribution in [0, 0.1) is 6.92 Å². The second-order valence-electron chi connectivity index (χ2n) is 45.6. The fourth-order valence-corrected chi connectivity index (χ4v) is 15.8. The maximum Gasteiger partial charge on any atom is 0.417 e. The van der Waals surface area contributed by atoms with Crippen molar-refractivity contribution in [3.05, 3.63) is 350 Å². The average molecular weight is 1780 g/mol. The van der Waals surface area contributed by atoms with E-state index in [1.54, 1.807) is 0 Å². The number of benzene rings is 10. The Morgan fingerprint density at radius 2 is 0.594 bits per heavy atom. The van der Waals surface area contributed by atoms with E-state index >= 15 is 0 Å². The van der Waals surface area contributed by atoms with Crippen molar-refractivity contribution in [3.63, 3.8) is 0 Å². The molecule has 0 saturated heterocycles. The number of aryl methyl sites for hydroxylation is 1. The van der Waals surface area contributed by atoms with E-state index in [2.05, 4.69) is 463 Å². The number of nitrogens with zero attached hydrogens (tertiary/aromatic N) is 1. The molecule has 0 fully saturated rings. The zero-order valence-electron chi connectivity index (χ0n) is 85.1. The molecule has 0 bridgehead atoms. The monoisotopic (exact) mass is 1780 g/mol. The molecule has 11 N–H and O–H groups in total. The minimum atomic E-state index is -0.397. The lowest BCUT2D eigenvalue weighted by Gasteiger charge is -2.19. The molecule has 20 rings (SSSR count). The van der Waals surface area contributed by atoms with Gasteiger partial charge in [0, 0.05) is 92.3 Å². The van der Waals surface area contributed by atoms with Crippen molar-refractivity contribution < 1.29 is 4.42 Å². The normalized spacial score (nSPS) is 12.2. The van der Waals surface area contributed by atoms with Gasteiger partial charge >= 0.3 is 11.4 Å². The van der Waals surface area contributed by atoms with Gasteiger partial charge in [0.05, 0.1) is 28.3 Å². The summed E-state index contributed by atoms with van der Waals surface area (Å²) < 4.78 is 4.99. The van der Waals surface area contributed by atoms with Gasteiger partial charge in [-0.1, -0.05) is 317 Å². The fraction of sp³-hybridized carbons (Fsp3) is 0.347. The Bertz CT molecular complexity index is 6690. The first kappa shape index (κ1) is 101. The number of para-hydroxylation sites is 2. The molecule has 698 valence electrons. The largest absolute Gasteiger partial charge is 0.417 e. The first-order chi connectivity index (χ1) is 61.9. The van der Waals surface area contributed by atoms with Gasteiger partial charge < -0.3 is 49.3 Å². The van der Waals surface area contributed by atoms with Crippen molar-refractivity contribution >= 4 is 109 Å². The lowest BCUT2D eigenvalue weighted by Crippen LogP contribution is -2.11. The first-order valence-corrected chi connectivity index (χ1v) is 46.8. The predicted octanol–water partition coefficient (Wildman–Crippen LogP) is 32.0. The number of fused-ring (bicyclic) bond motifs is 10. The van der Waals surface area contributed by atoms with Crippen LogP contribution in [0.1, 0.15) is 269 Å². The van der Waals surface area contributed by atoms with E-state index < -0.39 is 5.76 Å². The van der Waals surface area contributed by atoms with Gasteiger partial charge in [-0.25, -0.2) is 9.59 Å². The summed E-state index contributed by atoms with van der Waals surface area (Å²) in [5, 5.41) is 17.3. The smallest absolute Gasteiger partial charge is 0.408 e. The summed E-state index contributed by atoms with van der Waals surface area (Å²) in [6.45, 7) is 68.6. The van der Waals surface area contributed by atoms with Crippen LogP contribution < -0.4 is 11.4 Å². The van der Waals surface area contributed by atoms with Gasteiger partial charge in [0.1, 0.15) is 0 Å². The third kappa shape index (κ3) is 26.9. The van der Waals surface area contributed by atoms with Crippen LogP contribution in [0.25, 0.3) is 109 Å². The number of aromatic amines is 11. The quantitative estimate of drug-likeness (QED) is 0.0711. The highest BCUT2D eigenvalue weighted by molar-refractivity contribution is 5.88. The number of oxazole rings is 1. The van der Waals surface area contributed by atoms with Crippen molar-refractivity contribution in [2.24, 2.45) is 0 Å². The minimum Gasteiger partial charge on any atom is -0.408 e. The second-order valence-corrected chi connectivity index (χ2v) is 45.6. The Labute approximate surface area is 787 Å². The van der Waals surface area contributed by atoms with Gasteiger partial charge in [0.2, 0.25) is 0 Å². The molecule has 0 saturated carbocycles. The van der Waals surface area contributed by atoms with Crippen LogP contribution in [0.15, 0.2) is 282 Å². The van der Waals surface area contributed by atoms with E-state index in [4.69, 9.17) is 4.42 Å². The Kier molecular flexibility index (Phi) is 30.4. The summed E-state index contributed by atoms with van der Waals surface area (Å²) in [4.78, 5) is 52.9. The molecule has 0 aliphatic carbocycles. The van der Waals surface area contributed by atoms with E-state index in [1.807, 2.05) is 79.8 Å². The molecule has 15 heteroatoms. The standard InChI is InChI=1S/C13H17N.6C12H15N.C11H14N2O.C11H14N2.C11H13NO2/c1-9-7-10-8-11(13(2,3)4)5-6-12(10)14-9;1-12(2,3)10-4-5-11-9(8-10)6-7-13-11;2*1-12(2,3)10-5-4-9-6-7-13-11(9)8-10;1-12(2,3)10-5-4-6-11-9(10)7-8-13-11;2*1-12(2,3)10-6-4-5-9-7-8-13-11(9)10;1-11(2,3)7-4-5-8-9(6-7)13-10(14)12-8;1-11(2,3)9-5-4-8-7-12-13-10(8)6-9;1-11(2,3)7-4-5-8-9(6-7)14-10(13)12-8/h5-8,14H,1-4H3;6*4-8,13H,1-3H3;4-6H,1-3H3,(H2,12,13,14);4-7H,1-3H3,(H,12,13);4-6H,1-3H3,(H,12,13). The molecule has 0 amide bonds. The number of aromatic nitrogens is 12. The summed E-state index contributed by atoms with van der Waals surface area (Å²) >= 11 is 0. The van der Waals surface area contributed by atoms with Crippen LogP contribution in [0.3, 0.4) is 0 Å². The van der Waals surface area contributed by atoms with E-state index in [-0.39, 0.29) is 59.8 Å². The fourth-order valence-electron chi connectivity index (χ4n) is 15.8. The Morgan fingerprint density at radius 3 is 1.08 bits per heavy atom. The molecule has 10 aromatic carbocycles. The van der Waals surface area contributed by atoms with E-state index in [1.165, 1.54) is 137 Å². The average Bonchev–Trinajstić information content (AvgIpc) is 1.70. The van der Waals surface area contributed by atoms with Crippen LogP contribution >= 0.6 is 0 Å². The highest BCUT2D eigenvalue weighted by Crippen LogP contribution is 2.36. The van der Waals surface area contributed by atoms with Gasteiger partial charge in [-0.2, -0.15) is 5.10 Å². The zero-order chi connectivity index (χ0) is 97.4. The van der Waals surface area contributed by atoms with E-state index in [9.17, 15) is 9.59 Å². The van der Waals surface area contributed by atoms with Crippen molar-refractivity contribution in [2.45, 2.75) is 269 Å². The number of rotatable bonds is 0. The second kappa shape index (κ2) is 40.2. The Hall–Kier alpha value is -13.0. The molecule has 0 radical (unpaired) electrons. The van der Waals surface area contributed by atoms with Gasteiger partial charge in [-0.15, -0.1) is 0 Å². The summed E-state index contributed by atoms with van der Waals surface area (Å²) in [5.74, 6) is -0.397. The lowest BCUT2D eigenvalue weighted by molar-refractivity contribution is 0.550.